The number of ether oxygens (including phenoxy) is 1. The van der Waals surface area contributed by atoms with E-state index in [1.807, 2.05) is 27.7 Å². The lowest BCUT2D eigenvalue weighted by atomic mass is 9.47. The van der Waals surface area contributed by atoms with Crippen LogP contribution in [0.1, 0.15) is 53.4 Å². The lowest BCUT2D eigenvalue weighted by molar-refractivity contribution is -0.316. The van der Waals surface area contributed by atoms with Crippen LogP contribution in [0.4, 0.5) is 0 Å². The molecular formula is C20H30O5. The number of allylic oxidation sites excluding steroid dienone is 1. The van der Waals surface area contributed by atoms with Gasteiger partial charge in [-0.1, -0.05) is 26.3 Å². The predicted molar refractivity (Wildman–Crippen MR) is 91.7 cm³/mol. The number of aliphatic hydroxyl groups is 3. The fourth-order valence-electron chi connectivity index (χ4n) is 6.56. The molecule has 4 rings (SSSR count). The number of hydrogen-bond donors (Lipinski definition) is 3. The molecule has 5 nitrogen and oxygen atoms in total. The van der Waals surface area contributed by atoms with Crippen LogP contribution in [0.2, 0.25) is 0 Å². The number of rotatable bonds is 0. The Bertz CT molecular complexity index is 652. The summed E-state index contributed by atoms with van der Waals surface area (Å²) in [6, 6.07) is 0. The number of ketones is 1. The van der Waals surface area contributed by atoms with Crippen molar-refractivity contribution >= 4 is 5.78 Å². The van der Waals surface area contributed by atoms with Crippen LogP contribution in [-0.2, 0) is 9.53 Å². The second kappa shape index (κ2) is 5.16. The maximum atomic E-state index is 13.4. The topological polar surface area (TPSA) is 87.0 Å². The molecule has 140 valence electrons. The molecule has 5 heteroatoms. The van der Waals surface area contributed by atoms with Gasteiger partial charge in [0.2, 0.25) is 0 Å². The van der Waals surface area contributed by atoms with Crippen molar-refractivity contribution in [1.82, 2.24) is 0 Å². The number of fused-ring (bicyclic) bond motifs is 5. The van der Waals surface area contributed by atoms with E-state index in [0.717, 1.165) is 24.0 Å². The molecule has 0 aromatic rings. The second-order valence-electron chi connectivity index (χ2n) is 9.54. The molecule has 3 N–H and O–H groups in total. The van der Waals surface area contributed by atoms with Gasteiger partial charge in [-0.3, -0.25) is 4.79 Å². The molecule has 1 saturated heterocycles. The van der Waals surface area contributed by atoms with Crippen LogP contribution in [0.25, 0.3) is 0 Å². The number of Topliss-reactive ketones (excluding diaryl/α,β-unsaturated/α-hetero) is 1. The van der Waals surface area contributed by atoms with Crippen LogP contribution >= 0.6 is 0 Å². The summed E-state index contributed by atoms with van der Waals surface area (Å²) < 4.78 is 5.54. The third kappa shape index (κ3) is 2.01. The van der Waals surface area contributed by atoms with Crippen molar-refractivity contribution in [2.24, 2.45) is 22.7 Å². The Balaban J connectivity index is 1.91. The van der Waals surface area contributed by atoms with E-state index in [2.05, 4.69) is 0 Å². The quantitative estimate of drug-likeness (QED) is 0.578. The van der Waals surface area contributed by atoms with Gasteiger partial charge in [-0.25, -0.2) is 0 Å². The highest BCUT2D eigenvalue weighted by molar-refractivity contribution is 5.92. The summed E-state index contributed by atoms with van der Waals surface area (Å²) in [6.45, 7) is 8.00. The first-order valence-electron chi connectivity index (χ1n) is 9.49. The average molecular weight is 350 g/mol. The van der Waals surface area contributed by atoms with Gasteiger partial charge in [0, 0.05) is 11.3 Å². The Labute approximate surface area is 149 Å². The van der Waals surface area contributed by atoms with Crippen molar-refractivity contribution in [3.8, 4) is 0 Å². The summed E-state index contributed by atoms with van der Waals surface area (Å²) in [4.78, 5) is 13.4. The van der Waals surface area contributed by atoms with Gasteiger partial charge in [0.1, 0.15) is 11.7 Å². The molecule has 0 amide bonds. The van der Waals surface area contributed by atoms with E-state index in [0.29, 0.717) is 12.8 Å². The summed E-state index contributed by atoms with van der Waals surface area (Å²) in [5, 5.41) is 33.7. The molecule has 0 radical (unpaired) electrons. The minimum absolute atomic E-state index is 0.0957. The molecule has 1 aliphatic heterocycles. The first-order valence-corrected chi connectivity index (χ1v) is 9.49. The Morgan fingerprint density at radius 3 is 2.44 bits per heavy atom. The van der Waals surface area contributed by atoms with E-state index in [4.69, 9.17) is 4.74 Å². The Kier molecular flexibility index (Phi) is 3.64. The third-order valence-corrected chi connectivity index (χ3v) is 7.97. The highest BCUT2D eigenvalue weighted by Gasteiger charge is 2.69. The van der Waals surface area contributed by atoms with Gasteiger partial charge in [0.15, 0.2) is 5.78 Å². The largest absolute Gasteiger partial charge is 0.392 e. The average Bonchev–Trinajstić information content (AvgIpc) is 2.50. The molecule has 0 unspecified atom stereocenters. The predicted octanol–water partition coefficient (Wildman–Crippen LogP) is 1.59. The fraction of sp³-hybridized carbons (Fsp3) is 0.850. The normalized spacial score (nSPS) is 51.8. The van der Waals surface area contributed by atoms with Crippen LogP contribution in [0.3, 0.4) is 0 Å². The smallest absolute Gasteiger partial charge is 0.171 e. The maximum absolute atomic E-state index is 13.4. The Morgan fingerprint density at radius 1 is 1.16 bits per heavy atom. The van der Waals surface area contributed by atoms with E-state index in [-0.39, 0.29) is 24.4 Å². The van der Waals surface area contributed by atoms with Crippen molar-refractivity contribution in [2.45, 2.75) is 77.3 Å². The van der Waals surface area contributed by atoms with Gasteiger partial charge in [-0.05, 0) is 49.5 Å². The van der Waals surface area contributed by atoms with Gasteiger partial charge in [0.05, 0.1) is 18.8 Å². The van der Waals surface area contributed by atoms with E-state index >= 15 is 0 Å². The number of carbonyl (C=O) groups is 1. The molecule has 25 heavy (non-hydrogen) atoms. The van der Waals surface area contributed by atoms with E-state index < -0.39 is 34.6 Å². The zero-order valence-corrected chi connectivity index (χ0v) is 15.6. The Morgan fingerprint density at radius 2 is 1.84 bits per heavy atom. The number of hydrogen-bond acceptors (Lipinski definition) is 5. The zero-order chi connectivity index (χ0) is 18.4. The molecule has 0 aromatic heterocycles. The highest BCUT2D eigenvalue weighted by atomic mass is 16.6. The highest BCUT2D eigenvalue weighted by Crippen LogP contribution is 2.60. The summed E-state index contributed by atoms with van der Waals surface area (Å²) in [6.07, 6.45) is 0.423. The molecule has 2 bridgehead atoms. The van der Waals surface area contributed by atoms with Crippen LogP contribution < -0.4 is 0 Å². The van der Waals surface area contributed by atoms with Crippen molar-refractivity contribution in [3.63, 3.8) is 0 Å². The SMILES string of the molecule is CC1=C2[C@@H](O)C(=O)[C@]3(C)CC[C@H]4OC[C@@]4(O)[C@H]3[C@H](O)[C@H](CC1)C2(C)C. The third-order valence-electron chi connectivity index (χ3n) is 7.97. The van der Waals surface area contributed by atoms with Gasteiger partial charge in [-0.15, -0.1) is 0 Å². The first-order chi connectivity index (χ1) is 11.5. The van der Waals surface area contributed by atoms with E-state index in [1.165, 1.54) is 0 Å². The lowest BCUT2D eigenvalue weighted by Gasteiger charge is -2.63. The summed E-state index contributed by atoms with van der Waals surface area (Å²) in [5.74, 6) is -0.946. The van der Waals surface area contributed by atoms with Crippen LogP contribution in [0.15, 0.2) is 11.1 Å². The first kappa shape index (κ1) is 17.7. The van der Waals surface area contributed by atoms with E-state index in [9.17, 15) is 20.1 Å². The minimum Gasteiger partial charge on any atom is -0.392 e. The van der Waals surface area contributed by atoms with Gasteiger partial charge >= 0.3 is 0 Å². The monoisotopic (exact) mass is 350 g/mol. The molecule has 3 aliphatic carbocycles. The van der Waals surface area contributed by atoms with Gasteiger partial charge in [-0.2, -0.15) is 0 Å². The van der Waals surface area contributed by atoms with Gasteiger partial charge < -0.3 is 20.1 Å². The van der Waals surface area contributed by atoms with E-state index in [1.54, 1.807) is 0 Å². The molecule has 2 saturated carbocycles. The van der Waals surface area contributed by atoms with Crippen LogP contribution in [0.5, 0.6) is 0 Å². The molecule has 4 aliphatic rings. The molecule has 0 aromatic carbocycles. The maximum Gasteiger partial charge on any atom is 0.171 e. The number of carbonyl (C=O) groups excluding carboxylic acids is 1. The summed E-state index contributed by atoms with van der Waals surface area (Å²) in [7, 11) is 0. The molecular weight excluding hydrogens is 320 g/mol. The zero-order valence-electron chi connectivity index (χ0n) is 15.6. The standard InChI is InChI=1S/C20H30O5/c1-10-5-6-11-14(21)16-19(4,8-7-12-20(16,24)9-25-12)17(23)15(22)13(10)18(11,2)3/h11-12,14-16,21-22,24H,5-9H2,1-4H3/t11-,12+,14+,15+,16-,19+,20-/m0/s1. The Hall–Kier alpha value is -0.750. The molecule has 3 fully saturated rings. The van der Waals surface area contributed by atoms with Gasteiger partial charge in [0.25, 0.3) is 0 Å². The summed E-state index contributed by atoms with van der Waals surface area (Å²) >= 11 is 0. The van der Waals surface area contributed by atoms with Crippen LogP contribution in [0, 0.1) is 22.7 Å². The van der Waals surface area contributed by atoms with Crippen molar-refractivity contribution in [3.05, 3.63) is 11.1 Å². The lowest BCUT2D eigenvalue weighted by Crippen LogP contribution is -2.74. The van der Waals surface area contributed by atoms with Crippen LogP contribution in [-0.4, -0.2) is 51.6 Å². The minimum atomic E-state index is -1.18. The van der Waals surface area contributed by atoms with Crippen molar-refractivity contribution in [2.75, 3.05) is 6.61 Å². The van der Waals surface area contributed by atoms with Crippen molar-refractivity contribution in [1.29, 1.82) is 0 Å². The molecule has 1 heterocycles. The second-order valence-corrected chi connectivity index (χ2v) is 9.54. The summed E-state index contributed by atoms with van der Waals surface area (Å²) in [5.41, 5.74) is -0.745. The fourth-order valence-corrected chi connectivity index (χ4v) is 6.56. The van der Waals surface area contributed by atoms with Crippen molar-refractivity contribution < 1.29 is 24.9 Å². The molecule has 7 atom stereocenters. The molecule has 0 spiro atoms. The number of aliphatic hydroxyl groups excluding tert-OH is 2.